The van der Waals surface area contributed by atoms with Crippen LogP contribution in [0.3, 0.4) is 0 Å². The van der Waals surface area contributed by atoms with Crippen LogP contribution < -0.4 is 5.32 Å². The van der Waals surface area contributed by atoms with E-state index in [-0.39, 0.29) is 0 Å². The van der Waals surface area contributed by atoms with Gasteiger partial charge in [-0.25, -0.2) is 0 Å². The number of rotatable bonds is 6. The number of nitrogens with zero attached hydrogens (tertiary/aromatic N) is 1. The van der Waals surface area contributed by atoms with Crippen molar-refractivity contribution < 1.29 is 0 Å². The maximum atomic E-state index is 9.64. The predicted molar refractivity (Wildman–Crippen MR) is 86.5 cm³/mol. The Morgan fingerprint density at radius 1 is 1.40 bits per heavy atom. The predicted octanol–water partition coefficient (Wildman–Crippen LogP) is 4.76. The van der Waals surface area contributed by atoms with E-state index in [0.717, 1.165) is 23.5 Å². The molecule has 0 aliphatic heterocycles. The van der Waals surface area contributed by atoms with Crippen LogP contribution in [0.2, 0.25) is 10.0 Å². The highest BCUT2D eigenvalue weighted by molar-refractivity contribution is 7.99. The minimum Gasteiger partial charge on any atom is -0.296 e. The third-order valence-electron chi connectivity index (χ3n) is 3.38. The second kappa shape index (κ2) is 6.58. The summed E-state index contributed by atoms with van der Waals surface area (Å²) in [7, 11) is 0. The number of halogens is 2. The van der Waals surface area contributed by atoms with Crippen molar-refractivity contribution >= 4 is 35.0 Å². The molecule has 1 N–H and O–H groups in total. The molecule has 1 aromatic carbocycles. The summed E-state index contributed by atoms with van der Waals surface area (Å²) in [5.41, 5.74) is -0.440. The molecule has 2 rings (SSSR count). The van der Waals surface area contributed by atoms with E-state index in [4.69, 9.17) is 23.2 Å². The van der Waals surface area contributed by atoms with Crippen molar-refractivity contribution in [3.63, 3.8) is 0 Å². The van der Waals surface area contributed by atoms with E-state index in [1.165, 1.54) is 0 Å². The van der Waals surface area contributed by atoms with Crippen LogP contribution in [0.15, 0.2) is 23.1 Å². The highest BCUT2D eigenvalue weighted by atomic mass is 35.5. The van der Waals surface area contributed by atoms with E-state index < -0.39 is 5.54 Å². The maximum Gasteiger partial charge on any atom is 0.119 e. The van der Waals surface area contributed by atoms with E-state index in [2.05, 4.69) is 25.2 Å². The quantitative estimate of drug-likeness (QED) is 0.765. The van der Waals surface area contributed by atoms with Gasteiger partial charge < -0.3 is 0 Å². The normalized spacial score (nSPS) is 17.8. The number of nitriles is 1. The van der Waals surface area contributed by atoms with Gasteiger partial charge in [0.05, 0.1) is 16.1 Å². The van der Waals surface area contributed by atoms with Crippen LogP contribution in [0.5, 0.6) is 0 Å². The fourth-order valence-corrected chi connectivity index (χ4v) is 3.79. The van der Waals surface area contributed by atoms with Gasteiger partial charge in [-0.3, -0.25) is 5.32 Å². The molecule has 5 heteroatoms. The van der Waals surface area contributed by atoms with Crippen LogP contribution in [0.4, 0.5) is 0 Å². The Bertz CT molecular complexity index is 523. The molecule has 1 fully saturated rings. The Hall–Kier alpha value is -0.400. The van der Waals surface area contributed by atoms with Gasteiger partial charge in [-0.05, 0) is 50.8 Å². The summed E-state index contributed by atoms with van der Waals surface area (Å²) in [5.74, 6) is 1.19. The van der Waals surface area contributed by atoms with Crippen LogP contribution in [0, 0.1) is 17.2 Å². The fraction of sp³-hybridized carbons (Fsp3) is 0.533. The minimum absolute atomic E-state index is 0.296. The second-order valence-corrected chi connectivity index (χ2v) is 7.38. The number of benzene rings is 1. The van der Waals surface area contributed by atoms with Crippen LogP contribution in [0.25, 0.3) is 0 Å². The molecule has 0 radical (unpaired) electrons. The third kappa shape index (κ3) is 3.83. The molecule has 20 heavy (non-hydrogen) atoms. The molecule has 0 saturated heterocycles. The number of hydrogen-bond donors (Lipinski definition) is 1. The topological polar surface area (TPSA) is 35.8 Å². The van der Waals surface area contributed by atoms with Gasteiger partial charge in [0, 0.05) is 16.7 Å². The molecule has 1 aliphatic rings. The molecule has 0 spiro atoms. The molecule has 1 saturated carbocycles. The van der Waals surface area contributed by atoms with Gasteiger partial charge in [-0.15, -0.1) is 11.8 Å². The smallest absolute Gasteiger partial charge is 0.119 e. The summed E-state index contributed by atoms with van der Waals surface area (Å²) in [6.07, 6.45) is 2.27. The van der Waals surface area contributed by atoms with Crippen molar-refractivity contribution in [2.75, 3.05) is 5.75 Å². The Morgan fingerprint density at radius 2 is 2.10 bits per heavy atom. The van der Waals surface area contributed by atoms with E-state index in [0.29, 0.717) is 22.0 Å². The Labute approximate surface area is 134 Å². The van der Waals surface area contributed by atoms with Gasteiger partial charge in [-0.1, -0.05) is 23.2 Å². The third-order valence-corrected chi connectivity index (χ3v) is 5.30. The molecule has 0 bridgehead atoms. The summed E-state index contributed by atoms with van der Waals surface area (Å²) in [4.78, 5) is 1.05. The van der Waals surface area contributed by atoms with Crippen molar-refractivity contribution in [2.45, 2.75) is 43.2 Å². The zero-order chi connectivity index (χ0) is 14.8. The Balaban J connectivity index is 2.08. The molecule has 0 heterocycles. The molecule has 1 aromatic rings. The van der Waals surface area contributed by atoms with Crippen LogP contribution in [0.1, 0.15) is 26.7 Å². The fourth-order valence-electron chi connectivity index (χ4n) is 2.29. The van der Waals surface area contributed by atoms with Crippen molar-refractivity contribution in [1.29, 1.82) is 5.26 Å². The zero-order valence-corrected chi connectivity index (χ0v) is 13.9. The van der Waals surface area contributed by atoms with Crippen LogP contribution >= 0.6 is 35.0 Å². The molecule has 1 unspecified atom stereocenters. The highest BCUT2D eigenvalue weighted by Crippen LogP contribution is 2.42. The van der Waals surface area contributed by atoms with Crippen molar-refractivity contribution in [3.05, 3.63) is 28.2 Å². The number of hydrogen-bond acceptors (Lipinski definition) is 3. The lowest BCUT2D eigenvalue weighted by molar-refractivity contribution is 0.370. The van der Waals surface area contributed by atoms with Crippen LogP contribution in [-0.4, -0.2) is 17.3 Å². The zero-order valence-electron chi connectivity index (χ0n) is 11.6. The van der Waals surface area contributed by atoms with Gasteiger partial charge in [0.1, 0.15) is 5.54 Å². The Kier molecular flexibility index (Phi) is 5.25. The first kappa shape index (κ1) is 16.0. The van der Waals surface area contributed by atoms with E-state index in [9.17, 15) is 5.26 Å². The molecule has 108 valence electrons. The lowest BCUT2D eigenvalue weighted by Crippen LogP contribution is -2.51. The molecule has 1 aliphatic carbocycles. The Morgan fingerprint density at radius 3 is 2.60 bits per heavy atom. The highest BCUT2D eigenvalue weighted by Gasteiger charge is 2.45. The van der Waals surface area contributed by atoms with Gasteiger partial charge in [0.25, 0.3) is 0 Å². The average Bonchev–Trinajstić information content (AvgIpc) is 3.23. The van der Waals surface area contributed by atoms with Crippen molar-refractivity contribution in [3.8, 4) is 6.07 Å². The second-order valence-electron chi connectivity index (χ2n) is 5.52. The SMILES string of the molecule is CC(C)NC(C#N)(CSc1ccc(Cl)c(Cl)c1)C1CC1. The minimum atomic E-state index is -0.440. The lowest BCUT2D eigenvalue weighted by Gasteiger charge is -2.30. The summed E-state index contributed by atoms with van der Waals surface area (Å²) in [6, 6.07) is 8.42. The maximum absolute atomic E-state index is 9.64. The number of nitrogens with one attached hydrogen (secondary N) is 1. The van der Waals surface area contributed by atoms with Crippen molar-refractivity contribution in [1.82, 2.24) is 5.32 Å². The first-order valence-electron chi connectivity index (χ1n) is 6.73. The summed E-state index contributed by atoms with van der Waals surface area (Å²) >= 11 is 13.6. The van der Waals surface area contributed by atoms with Crippen LogP contribution in [-0.2, 0) is 0 Å². The van der Waals surface area contributed by atoms with Crippen molar-refractivity contribution in [2.24, 2.45) is 5.92 Å². The van der Waals surface area contributed by atoms with E-state index in [1.54, 1.807) is 17.8 Å². The lowest BCUT2D eigenvalue weighted by atomic mass is 9.96. The van der Waals surface area contributed by atoms with Gasteiger partial charge in [-0.2, -0.15) is 5.26 Å². The number of thioether (sulfide) groups is 1. The largest absolute Gasteiger partial charge is 0.296 e. The van der Waals surface area contributed by atoms with E-state index in [1.807, 2.05) is 12.1 Å². The van der Waals surface area contributed by atoms with Gasteiger partial charge in [0.15, 0.2) is 0 Å². The molecule has 0 aromatic heterocycles. The first-order chi connectivity index (χ1) is 9.47. The molecule has 2 nitrogen and oxygen atoms in total. The molecular weight excluding hydrogens is 311 g/mol. The average molecular weight is 329 g/mol. The van der Waals surface area contributed by atoms with Gasteiger partial charge in [0.2, 0.25) is 0 Å². The van der Waals surface area contributed by atoms with E-state index >= 15 is 0 Å². The summed E-state index contributed by atoms with van der Waals surface area (Å²) in [6.45, 7) is 4.16. The monoisotopic (exact) mass is 328 g/mol. The standard InChI is InChI=1S/C15H18Cl2N2S/c1-10(2)19-15(8-18,11-3-4-11)9-20-12-5-6-13(16)14(17)7-12/h5-7,10-11,19H,3-4,9H2,1-2H3. The molecular formula is C15H18Cl2N2S. The molecule has 1 atom stereocenters. The molecule has 0 amide bonds. The summed E-state index contributed by atoms with van der Waals surface area (Å²) < 4.78 is 0. The first-order valence-corrected chi connectivity index (χ1v) is 8.48. The summed E-state index contributed by atoms with van der Waals surface area (Å²) in [5, 5.41) is 14.2. The van der Waals surface area contributed by atoms with Gasteiger partial charge >= 0.3 is 0 Å².